The minimum atomic E-state index is -0.0699. The van der Waals surface area contributed by atoms with Crippen molar-refractivity contribution >= 4 is 37.8 Å². The number of allylic oxidation sites excluding steroid dienone is 1. The fourth-order valence-corrected chi connectivity index (χ4v) is 2.43. The first-order chi connectivity index (χ1) is 7.49. The highest BCUT2D eigenvalue weighted by atomic mass is 79.9. The van der Waals surface area contributed by atoms with Gasteiger partial charge in [0.25, 0.3) is 5.91 Å². The van der Waals surface area contributed by atoms with Crippen molar-refractivity contribution in [2.45, 2.75) is 13.8 Å². The van der Waals surface area contributed by atoms with Crippen molar-refractivity contribution in [3.63, 3.8) is 0 Å². The summed E-state index contributed by atoms with van der Waals surface area (Å²) in [5.74, 6) is -0.0699. The third-order valence-electron chi connectivity index (χ3n) is 1.90. The van der Waals surface area contributed by atoms with E-state index in [0.717, 1.165) is 8.95 Å². The van der Waals surface area contributed by atoms with Crippen LogP contribution in [-0.2, 0) is 0 Å². The van der Waals surface area contributed by atoms with Gasteiger partial charge >= 0.3 is 0 Å². The summed E-state index contributed by atoms with van der Waals surface area (Å²) < 4.78 is 1.77. The average Bonchev–Trinajstić information content (AvgIpc) is 2.15. The molecule has 0 radical (unpaired) electrons. The summed E-state index contributed by atoms with van der Waals surface area (Å²) in [5.41, 5.74) is 1.83. The molecule has 0 fully saturated rings. The summed E-state index contributed by atoms with van der Waals surface area (Å²) in [5, 5.41) is 2.83. The van der Waals surface area contributed by atoms with Crippen molar-refractivity contribution in [2.75, 3.05) is 6.54 Å². The van der Waals surface area contributed by atoms with Gasteiger partial charge in [0.1, 0.15) is 0 Å². The predicted octanol–water partition coefficient (Wildman–Crippen LogP) is 3.91. The maximum Gasteiger partial charge on any atom is 0.251 e. The van der Waals surface area contributed by atoms with Gasteiger partial charge in [0, 0.05) is 21.1 Å². The van der Waals surface area contributed by atoms with Gasteiger partial charge in [-0.3, -0.25) is 4.79 Å². The van der Waals surface area contributed by atoms with Crippen LogP contribution in [0.25, 0.3) is 0 Å². The Kier molecular flexibility index (Phi) is 5.22. The van der Waals surface area contributed by atoms with Crippen molar-refractivity contribution < 1.29 is 4.79 Å². The molecule has 1 rings (SSSR count). The number of hydrogen-bond donors (Lipinski definition) is 1. The van der Waals surface area contributed by atoms with E-state index in [0.29, 0.717) is 12.1 Å². The van der Waals surface area contributed by atoms with E-state index < -0.39 is 0 Å². The molecule has 1 N–H and O–H groups in total. The molecule has 2 nitrogen and oxygen atoms in total. The molecular weight excluding hydrogens is 334 g/mol. The van der Waals surface area contributed by atoms with Crippen LogP contribution in [0.5, 0.6) is 0 Å². The van der Waals surface area contributed by atoms with Gasteiger partial charge in [0.05, 0.1) is 0 Å². The monoisotopic (exact) mass is 345 g/mol. The van der Waals surface area contributed by atoms with E-state index in [2.05, 4.69) is 37.2 Å². The fraction of sp³-hybridized carbons (Fsp3) is 0.250. The quantitative estimate of drug-likeness (QED) is 0.826. The van der Waals surface area contributed by atoms with Gasteiger partial charge in [0.15, 0.2) is 0 Å². The number of benzene rings is 1. The van der Waals surface area contributed by atoms with Crippen molar-refractivity contribution in [2.24, 2.45) is 0 Å². The number of hydrogen-bond acceptors (Lipinski definition) is 1. The maximum atomic E-state index is 11.7. The molecule has 0 spiro atoms. The van der Waals surface area contributed by atoms with Crippen LogP contribution in [0, 0.1) is 0 Å². The van der Waals surface area contributed by atoms with Crippen LogP contribution in [0.4, 0.5) is 0 Å². The third kappa shape index (κ3) is 4.49. The normalized spacial score (nSPS) is 9.75. The summed E-state index contributed by atoms with van der Waals surface area (Å²) in [6, 6.07) is 5.48. The van der Waals surface area contributed by atoms with Crippen molar-refractivity contribution in [1.82, 2.24) is 5.32 Å². The van der Waals surface area contributed by atoms with Crippen molar-refractivity contribution in [3.05, 3.63) is 44.4 Å². The lowest BCUT2D eigenvalue weighted by atomic mass is 10.2. The zero-order valence-electron chi connectivity index (χ0n) is 9.18. The Balaban J connectivity index is 2.69. The second-order valence-electron chi connectivity index (χ2n) is 3.65. The molecule has 86 valence electrons. The van der Waals surface area contributed by atoms with Gasteiger partial charge in [-0.25, -0.2) is 0 Å². The zero-order valence-corrected chi connectivity index (χ0v) is 12.4. The highest BCUT2D eigenvalue weighted by Gasteiger charge is 2.05. The first-order valence-corrected chi connectivity index (χ1v) is 6.45. The second kappa shape index (κ2) is 6.21. The van der Waals surface area contributed by atoms with Crippen LogP contribution in [0.3, 0.4) is 0 Å². The SMILES string of the molecule is CC(C)=CCNC(=O)c1cc(Br)cc(Br)c1. The summed E-state index contributed by atoms with van der Waals surface area (Å²) >= 11 is 6.70. The van der Waals surface area contributed by atoms with E-state index in [4.69, 9.17) is 0 Å². The van der Waals surface area contributed by atoms with E-state index in [1.54, 1.807) is 12.1 Å². The Labute approximate surface area is 112 Å². The molecule has 0 aliphatic carbocycles. The summed E-state index contributed by atoms with van der Waals surface area (Å²) in [7, 11) is 0. The van der Waals surface area contributed by atoms with Crippen LogP contribution >= 0.6 is 31.9 Å². The lowest BCUT2D eigenvalue weighted by molar-refractivity contribution is 0.0958. The first kappa shape index (κ1) is 13.5. The Hall–Kier alpha value is -0.610. The van der Waals surface area contributed by atoms with Gasteiger partial charge in [-0.1, -0.05) is 43.5 Å². The van der Waals surface area contributed by atoms with E-state index in [-0.39, 0.29) is 5.91 Å². The molecule has 0 saturated heterocycles. The van der Waals surface area contributed by atoms with Gasteiger partial charge < -0.3 is 5.32 Å². The van der Waals surface area contributed by atoms with Crippen molar-refractivity contribution in [3.8, 4) is 0 Å². The molecule has 16 heavy (non-hydrogen) atoms. The molecule has 1 amide bonds. The molecule has 0 saturated carbocycles. The predicted molar refractivity (Wildman–Crippen MR) is 73.6 cm³/mol. The minimum absolute atomic E-state index is 0.0699. The molecule has 1 aromatic rings. The lowest BCUT2D eigenvalue weighted by Crippen LogP contribution is -2.23. The maximum absolute atomic E-state index is 11.7. The standard InChI is InChI=1S/C12H13Br2NO/c1-8(2)3-4-15-12(16)9-5-10(13)7-11(14)6-9/h3,5-7H,4H2,1-2H3,(H,15,16). The molecule has 4 heteroatoms. The minimum Gasteiger partial charge on any atom is -0.349 e. The van der Waals surface area contributed by atoms with E-state index in [9.17, 15) is 4.79 Å². The van der Waals surface area contributed by atoms with Gasteiger partial charge in [0.2, 0.25) is 0 Å². The van der Waals surface area contributed by atoms with Crippen LogP contribution < -0.4 is 5.32 Å². The Bertz CT molecular complexity index is 403. The highest BCUT2D eigenvalue weighted by molar-refractivity contribution is 9.11. The number of carbonyl (C=O) groups is 1. The van der Waals surface area contributed by atoms with Crippen LogP contribution in [0.15, 0.2) is 38.8 Å². The number of amides is 1. The van der Waals surface area contributed by atoms with Crippen LogP contribution in [0.2, 0.25) is 0 Å². The van der Waals surface area contributed by atoms with Crippen LogP contribution in [0.1, 0.15) is 24.2 Å². The molecule has 0 aliphatic rings. The molecule has 0 atom stereocenters. The number of carbonyl (C=O) groups excluding carboxylic acids is 1. The summed E-state index contributed by atoms with van der Waals surface area (Å²) in [4.78, 5) is 11.7. The second-order valence-corrected chi connectivity index (χ2v) is 5.48. The molecular formula is C12H13Br2NO. The molecule has 1 aromatic carbocycles. The molecule has 0 aromatic heterocycles. The Morgan fingerprint density at radius 2 is 1.81 bits per heavy atom. The third-order valence-corrected chi connectivity index (χ3v) is 2.81. The van der Waals surface area contributed by atoms with Crippen LogP contribution in [-0.4, -0.2) is 12.5 Å². The Morgan fingerprint density at radius 1 is 1.25 bits per heavy atom. The molecule has 0 aliphatic heterocycles. The number of halogens is 2. The lowest BCUT2D eigenvalue weighted by Gasteiger charge is -2.04. The summed E-state index contributed by atoms with van der Waals surface area (Å²) in [6.45, 7) is 4.56. The largest absolute Gasteiger partial charge is 0.349 e. The first-order valence-electron chi connectivity index (χ1n) is 4.86. The number of rotatable bonds is 3. The summed E-state index contributed by atoms with van der Waals surface area (Å²) in [6.07, 6.45) is 1.98. The topological polar surface area (TPSA) is 29.1 Å². The fourth-order valence-electron chi connectivity index (χ4n) is 1.13. The van der Waals surface area contributed by atoms with E-state index in [1.165, 1.54) is 5.57 Å². The van der Waals surface area contributed by atoms with E-state index >= 15 is 0 Å². The molecule has 0 heterocycles. The zero-order chi connectivity index (χ0) is 12.1. The highest BCUT2D eigenvalue weighted by Crippen LogP contribution is 2.19. The molecule has 0 bridgehead atoms. The smallest absolute Gasteiger partial charge is 0.251 e. The average molecular weight is 347 g/mol. The van der Waals surface area contributed by atoms with Gasteiger partial charge in [-0.2, -0.15) is 0 Å². The van der Waals surface area contributed by atoms with E-state index in [1.807, 2.05) is 26.0 Å². The number of nitrogens with one attached hydrogen (secondary N) is 1. The molecule has 0 unspecified atom stereocenters. The van der Waals surface area contributed by atoms with Crippen molar-refractivity contribution in [1.29, 1.82) is 0 Å². The van der Waals surface area contributed by atoms with Gasteiger partial charge in [-0.05, 0) is 32.0 Å². The Morgan fingerprint density at radius 3 is 2.31 bits per heavy atom. The van der Waals surface area contributed by atoms with Gasteiger partial charge in [-0.15, -0.1) is 0 Å².